The van der Waals surface area contributed by atoms with Crippen LogP contribution in [-0.2, 0) is 11.6 Å². The lowest BCUT2D eigenvalue weighted by molar-refractivity contribution is -0.138. The van der Waals surface area contributed by atoms with Crippen molar-refractivity contribution in [3.05, 3.63) is 29.3 Å². The molecule has 0 aromatic heterocycles. The van der Waals surface area contributed by atoms with Gasteiger partial charge in [-0.3, -0.25) is 0 Å². The van der Waals surface area contributed by atoms with Crippen LogP contribution >= 0.6 is 0 Å². The summed E-state index contributed by atoms with van der Waals surface area (Å²) in [4.78, 5) is 0. The number of nitrogens with one attached hydrogen (secondary N) is 1. The number of hydrogen-bond acceptors (Lipinski definition) is 1. The highest BCUT2D eigenvalue weighted by atomic mass is 19.4. The molecule has 0 fully saturated rings. The molecule has 1 nitrogen and oxygen atoms in total. The minimum absolute atomic E-state index is 0.194. The van der Waals surface area contributed by atoms with Crippen molar-refractivity contribution in [2.45, 2.75) is 51.2 Å². The van der Waals surface area contributed by atoms with Gasteiger partial charge >= 0.3 is 6.18 Å². The molecule has 0 atom stereocenters. The molecular formula is C14H18F3N. The van der Waals surface area contributed by atoms with Crippen LogP contribution in [0.3, 0.4) is 0 Å². The number of halogens is 3. The Kier molecular flexibility index (Phi) is 2.69. The van der Waals surface area contributed by atoms with Crippen LogP contribution in [0.15, 0.2) is 18.2 Å². The molecule has 1 aliphatic rings. The standard InChI is InChI=1S/C14H18F3N/c1-12(2)8-13(3,4)18-10-7-5-6-9(11(10)12)14(15,16)17/h5-7,18H,8H2,1-4H3. The molecule has 0 aliphatic carbocycles. The van der Waals surface area contributed by atoms with E-state index in [0.717, 1.165) is 0 Å². The van der Waals surface area contributed by atoms with Crippen molar-refractivity contribution >= 4 is 5.69 Å². The van der Waals surface area contributed by atoms with Crippen molar-refractivity contribution in [1.29, 1.82) is 0 Å². The fraction of sp³-hybridized carbons (Fsp3) is 0.571. The van der Waals surface area contributed by atoms with E-state index in [2.05, 4.69) is 5.32 Å². The summed E-state index contributed by atoms with van der Waals surface area (Å²) in [6.45, 7) is 7.78. The van der Waals surface area contributed by atoms with Crippen LogP contribution in [0.25, 0.3) is 0 Å². The van der Waals surface area contributed by atoms with Crippen LogP contribution in [0, 0.1) is 0 Å². The fourth-order valence-electron chi connectivity index (χ4n) is 3.22. The lowest BCUT2D eigenvalue weighted by Gasteiger charge is -2.44. The van der Waals surface area contributed by atoms with Crippen LogP contribution in [0.2, 0.25) is 0 Å². The Hall–Kier alpha value is -1.19. The Labute approximate surface area is 105 Å². The van der Waals surface area contributed by atoms with Gasteiger partial charge in [0.1, 0.15) is 0 Å². The summed E-state index contributed by atoms with van der Waals surface area (Å²) in [6.07, 6.45) is -3.63. The SMILES string of the molecule is CC1(C)CC(C)(C)c2c(cccc2C(F)(F)F)N1. The summed E-state index contributed by atoms with van der Waals surface area (Å²) in [7, 11) is 0. The van der Waals surface area contributed by atoms with Gasteiger partial charge in [0.2, 0.25) is 0 Å². The summed E-state index contributed by atoms with van der Waals surface area (Å²) >= 11 is 0. The highest BCUT2D eigenvalue weighted by Crippen LogP contribution is 2.48. The zero-order chi connectivity index (χ0) is 13.8. The van der Waals surface area contributed by atoms with Crippen LogP contribution in [-0.4, -0.2) is 5.54 Å². The Balaban J connectivity index is 2.67. The topological polar surface area (TPSA) is 12.0 Å². The van der Waals surface area contributed by atoms with Crippen molar-refractivity contribution < 1.29 is 13.2 Å². The lowest BCUT2D eigenvalue weighted by atomic mass is 9.69. The lowest BCUT2D eigenvalue weighted by Crippen LogP contribution is -2.44. The predicted octanol–water partition coefficient (Wildman–Crippen LogP) is 4.58. The summed E-state index contributed by atoms with van der Waals surface area (Å²) in [5.41, 5.74) is -0.215. The molecule has 0 unspecified atom stereocenters. The highest BCUT2D eigenvalue weighted by molar-refractivity contribution is 5.62. The Morgan fingerprint density at radius 2 is 1.72 bits per heavy atom. The van der Waals surface area contributed by atoms with Gasteiger partial charge < -0.3 is 5.32 Å². The maximum absolute atomic E-state index is 13.1. The highest BCUT2D eigenvalue weighted by Gasteiger charge is 2.44. The summed E-state index contributed by atoms with van der Waals surface area (Å²) in [5, 5.41) is 3.20. The minimum atomic E-state index is -4.30. The molecule has 0 saturated heterocycles. The molecule has 1 aromatic rings. The van der Waals surface area contributed by atoms with Crippen molar-refractivity contribution in [2.75, 3.05) is 5.32 Å². The molecule has 2 rings (SSSR count). The third-order valence-corrected chi connectivity index (χ3v) is 3.40. The van der Waals surface area contributed by atoms with Crippen LogP contribution < -0.4 is 5.32 Å². The van der Waals surface area contributed by atoms with Gasteiger partial charge in [0.25, 0.3) is 0 Å². The number of hydrogen-bond donors (Lipinski definition) is 1. The monoisotopic (exact) mass is 257 g/mol. The minimum Gasteiger partial charge on any atom is -0.380 e. The Morgan fingerprint density at radius 3 is 2.28 bits per heavy atom. The van der Waals surface area contributed by atoms with Gasteiger partial charge in [-0.2, -0.15) is 13.2 Å². The van der Waals surface area contributed by atoms with Crippen LogP contribution in [0.1, 0.15) is 45.2 Å². The second-order valence-corrected chi connectivity index (χ2v) is 6.30. The van der Waals surface area contributed by atoms with E-state index >= 15 is 0 Å². The Bertz CT molecular complexity index is 472. The van der Waals surface area contributed by atoms with E-state index in [-0.39, 0.29) is 5.54 Å². The van der Waals surface area contributed by atoms with Crippen molar-refractivity contribution in [1.82, 2.24) is 0 Å². The maximum atomic E-state index is 13.1. The molecule has 4 heteroatoms. The van der Waals surface area contributed by atoms with E-state index in [1.165, 1.54) is 12.1 Å². The van der Waals surface area contributed by atoms with Crippen molar-refractivity contribution in [3.8, 4) is 0 Å². The fourth-order valence-corrected chi connectivity index (χ4v) is 3.22. The van der Waals surface area contributed by atoms with E-state index < -0.39 is 17.2 Å². The first-order valence-corrected chi connectivity index (χ1v) is 6.02. The molecule has 0 spiro atoms. The first-order chi connectivity index (χ1) is 8.03. The van der Waals surface area contributed by atoms with Crippen molar-refractivity contribution in [3.63, 3.8) is 0 Å². The van der Waals surface area contributed by atoms with Crippen LogP contribution in [0.5, 0.6) is 0 Å². The van der Waals surface area contributed by atoms with Gasteiger partial charge in [-0.25, -0.2) is 0 Å². The average molecular weight is 257 g/mol. The molecule has 1 aliphatic heterocycles. The molecule has 1 heterocycles. The van der Waals surface area contributed by atoms with Gasteiger partial charge in [-0.05, 0) is 43.4 Å². The maximum Gasteiger partial charge on any atom is 0.416 e. The summed E-state index contributed by atoms with van der Waals surface area (Å²) < 4.78 is 39.3. The van der Waals surface area contributed by atoms with E-state index in [0.29, 0.717) is 17.7 Å². The van der Waals surface area contributed by atoms with Gasteiger partial charge in [-0.1, -0.05) is 19.9 Å². The second-order valence-electron chi connectivity index (χ2n) is 6.30. The third-order valence-electron chi connectivity index (χ3n) is 3.40. The predicted molar refractivity (Wildman–Crippen MR) is 66.8 cm³/mol. The molecule has 18 heavy (non-hydrogen) atoms. The average Bonchev–Trinajstić information content (AvgIpc) is 2.11. The number of rotatable bonds is 0. The quantitative estimate of drug-likeness (QED) is 0.717. The largest absolute Gasteiger partial charge is 0.416 e. The number of anilines is 1. The van der Waals surface area contributed by atoms with E-state index in [1.54, 1.807) is 6.07 Å². The van der Waals surface area contributed by atoms with Gasteiger partial charge in [0.15, 0.2) is 0 Å². The third kappa shape index (κ3) is 2.20. The molecule has 1 aromatic carbocycles. The zero-order valence-corrected chi connectivity index (χ0v) is 11.1. The van der Waals surface area contributed by atoms with E-state index in [1.807, 2.05) is 27.7 Å². The molecule has 1 N–H and O–H groups in total. The zero-order valence-electron chi connectivity index (χ0n) is 11.1. The first-order valence-electron chi connectivity index (χ1n) is 6.02. The van der Waals surface area contributed by atoms with Crippen molar-refractivity contribution in [2.24, 2.45) is 0 Å². The molecular weight excluding hydrogens is 239 g/mol. The molecule has 0 radical (unpaired) electrons. The van der Waals surface area contributed by atoms with Gasteiger partial charge in [0.05, 0.1) is 5.56 Å². The Morgan fingerprint density at radius 1 is 1.11 bits per heavy atom. The number of alkyl halides is 3. The van der Waals surface area contributed by atoms with Crippen LogP contribution in [0.4, 0.5) is 18.9 Å². The molecule has 0 amide bonds. The molecule has 100 valence electrons. The van der Waals surface area contributed by atoms with E-state index in [9.17, 15) is 13.2 Å². The smallest absolute Gasteiger partial charge is 0.380 e. The first kappa shape index (κ1) is 13.2. The van der Waals surface area contributed by atoms with E-state index in [4.69, 9.17) is 0 Å². The molecule has 0 saturated carbocycles. The second kappa shape index (κ2) is 3.65. The summed E-state index contributed by atoms with van der Waals surface area (Å²) in [5.74, 6) is 0. The normalized spacial score (nSPS) is 21.1. The van der Waals surface area contributed by atoms with Gasteiger partial charge in [0, 0.05) is 11.2 Å². The number of fused-ring (bicyclic) bond motifs is 1. The van der Waals surface area contributed by atoms with Gasteiger partial charge in [-0.15, -0.1) is 0 Å². The number of benzene rings is 1. The summed E-state index contributed by atoms with van der Waals surface area (Å²) in [6, 6.07) is 4.36. The molecule has 0 bridgehead atoms.